The van der Waals surface area contributed by atoms with E-state index in [0.29, 0.717) is 24.4 Å². The number of carbonyl (C=O) groups excluding carboxylic acids is 2. The minimum absolute atomic E-state index is 0.209. The summed E-state index contributed by atoms with van der Waals surface area (Å²) >= 11 is 0. The monoisotopic (exact) mass is 262 g/mol. The van der Waals surface area contributed by atoms with E-state index in [1.54, 1.807) is 31.4 Å². The van der Waals surface area contributed by atoms with Gasteiger partial charge in [0, 0.05) is 20.3 Å². The summed E-state index contributed by atoms with van der Waals surface area (Å²) in [7, 11) is 3.55. The van der Waals surface area contributed by atoms with Crippen LogP contribution in [0.1, 0.15) is 27.1 Å². The van der Waals surface area contributed by atoms with Gasteiger partial charge < -0.3 is 4.74 Å². The van der Waals surface area contributed by atoms with Crippen molar-refractivity contribution in [2.75, 3.05) is 34.0 Å². The Morgan fingerprint density at radius 1 is 1.16 bits per heavy atom. The van der Waals surface area contributed by atoms with E-state index in [2.05, 4.69) is 0 Å². The van der Waals surface area contributed by atoms with Gasteiger partial charge in [0.2, 0.25) is 0 Å². The third-order valence-electron chi connectivity index (χ3n) is 3.15. The highest BCUT2D eigenvalue weighted by molar-refractivity contribution is 6.21. The molecule has 0 aliphatic carbocycles. The van der Waals surface area contributed by atoms with Crippen molar-refractivity contribution in [3.8, 4) is 0 Å². The second-order valence-electron chi connectivity index (χ2n) is 4.65. The van der Waals surface area contributed by atoms with Crippen molar-refractivity contribution < 1.29 is 14.3 Å². The van der Waals surface area contributed by atoms with Crippen LogP contribution in [0.5, 0.6) is 0 Å². The predicted molar refractivity (Wildman–Crippen MR) is 70.9 cm³/mol. The van der Waals surface area contributed by atoms with E-state index in [0.717, 1.165) is 13.0 Å². The Morgan fingerprint density at radius 3 is 2.26 bits per heavy atom. The van der Waals surface area contributed by atoms with E-state index in [4.69, 9.17) is 4.74 Å². The topological polar surface area (TPSA) is 49.9 Å². The number of benzene rings is 1. The number of ether oxygens (including phenoxy) is 1. The fourth-order valence-corrected chi connectivity index (χ4v) is 2.16. The number of nitrogens with zero attached hydrogens (tertiary/aromatic N) is 2. The molecule has 0 atom stereocenters. The summed E-state index contributed by atoms with van der Waals surface area (Å²) in [4.78, 5) is 27.5. The molecular weight excluding hydrogens is 244 g/mol. The summed E-state index contributed by atoms with van der Waals surface area (Å²) in [6, 6.07) is 6.94. The van der Waals surface area contributed by atoms with Crippen molar-refractivity contribution in [3.05, 3.63) is 35.4 Å². The van der Waals surface area contributed by atoms with Crippen LogP contribution in [-0.4, -0.2) is 55.6 Å². The summed E-state index contributed by atoms with van der Waals surface area (Å²) in [5.41, 5.74) is 0.996. The largest absolute Gasteiger partial charge is 0.385 e. The summed E-state index contributed by atoms with van der Waals surface area (Å²) in [5, 5.41) is 0. The standard InChI is InChI=1S/C14H18N2O3/c1-15(8-5-9-19-2)10-16-13(17)11-6-3-4-7-12(11)14(16)18/h3-4,6-7H,5,8-10H2,1-2H3. The Bertz CT molecular complexity index is 452. The fourth-order valence-electron chi connectivity index (χ4n) is 2.16. The van der Waals surface area contributed by atoms with Gasteiger partial charge in [-0.3, -0.25) is 19.4 Å². The molecule has 5 nitrogen and oxygen atoms in total. The predicted octanol–water partition coefficient (Wildman–Crippen LogP) is 1.21. The Hall–Kier alpha value is -1.72. The highest BCUT2D eigenvalue weighted by atomic mass is 16.5. The Kier molecular flexibility index (Phi) is 4.29. The lowest BCUT2D eigenvalue weighted by atomic mass is 10.1. The van der Waals surface area contributed by atoms with Crippen LogP contribution in [0.4, 0.5) is 0 Å². The van der Waals surface area contributed by atoms with Gasteiger partial charge in [0.15, 0.2) is 0 Å². The average Bonchev–Trinajstić information content (AvgIpc) is 2.65. The Labute approximate surface area is 112 Å². The smallest absolute Gasteiger partial charge is 0.262 e. The fraction of sp³-hybridized carbons (Fsp3) is 0.429. The molecule has 1 aliphatic heterocycles. The number of hydrogen-bond donors (Lipinski definition) is 0. The second kappa shape index (κ2) is 5.95. The highest BCUT2D eigenvalue weighted by Gasteiger charge is 2.35. The minimum Gasteiger partial charge on any atom is -0.385 e. The van der Waals surface area contributed by atoms with Gasteiger partial charge in [-0.05, 0) is 25.6 Å². The maximum atomic E-state index is 12.1. The van der Waals surface area contributed by atoms with Gasteiger partial charge in [-0.2, -0.15) is 0 Å². The van der Waals surface area contributed by atoms with Gasteiger partial charge in [0.1, 0.15) is 0 Å². The molecule has 0 aromatic heterocycles. The lowest BCUT2D eigenvalue weighted by molar-refractivity contribution is 0.0558. The molecule has 0 unspecified atom stereocenters. The zero-order valence-electron chi connectivity index (χ0n) is 11.3. The van der Waals surface area contributed by atoms with Crippen molar-refractivity contribution in [2.24, 2.45) is 0 Å². The molecule has 19 heavy (non-hydrogen) atoms. The summed E-state index contributed by atoms with van der Waals surface area (Å²) < 4.78 is 4.98. The zero-order valence-corrected chi connectivity index (χ0v) is 11.3. The number of imide groups is 1. The van der Waals surface area contributed by atoms with Crippen LogP contribution < -0.4 is 0 Å². The SMILES string of the molecule is COCCCN(C)CN1C(=O)c2ccccc2C1=O. The van der Waals surface area contributed by atoms with Gasteiger partial charge in [0.05, 0.1) is 17.8 Å². The lowest BCUT2D eigenvalue weighted by Gasteiger charge is -2.22. The first-order valence-electron chi connectivity index (χ1n) is 6.28. The molecule has 2 amide bonds. The molecule has 1 aliphatic rings. The van der Waals surface area contributed by atoms with Crippen LogP contribution in [0.2, 0.25) is 0 Å². The molecule has 0 saturated carbocycles. The van der Waals surface area contributed by atoms with E-state index in [1.165, 1.54) is 4.90 Å². The van der Waals surface area contributed by atoms with Gasteiger partial charge in [-0.25, -0.2) is 0 Å². The summed E-state index contributed by atoms with van der Waals surface area (Å²) in [6.45, 7) is 1.77. The Morgan fingerprint density at radius 2 is 1.74 bits per heavy atom. The maximum absolute atomic E-state index is 12.1. The van der Waals surface area contributed by atoms with E-state index in [1.807, 2.05) is 11.9 Å². The summed E-state index contributed by atoms with van der Waals surface area (Å²) in [6.07, 6.45) is 0.871. The third kappa shape index (κ3) is 2.83. The lowest BCUT2D eigenvalue weighted by Crippen LogP contribution is -2.40. The van der Waals surface area contributed by atoms with Crippen LogP contribution in [0.3, 0.4) is 0 Å². The first kappa shape index (κ1) is 13.7. The van der Waals surface area contributed by atoms with Crippen LogP contribution in [0.15, 0.2) is 24.3 Å². The van der Waals surface area contributed by atoms with Gasteiger partial charge in [0.25, 0.3) is 11.8 Å². The van der Waals surface area contributed by atoms with E-state index < -0.39 is 0 Å². The molecule has 0 saturated heterocycles. The molecule has 0 N–H and O–H groups in total. The average molecular weight is 262 g/mol. The zero-order chi connectivity index (χ0) is 13.8. The number of amides is 2. The number of fused-ring (bicyclic) bond motifs is 1. The number of rotatable bonds is 6. The van der Waals surface area contributed by atoms with Crippen LogP contribution in [-0.2, 0) is 4.74 Å². The molecule has 102 valence electrons. The van der Waals surface area contributed by atoms with Gasteiger partial charge >= 0.3 is 0 Å². The molecule has 0 fully saturated rings. The van der Waals surface area contributed by atoms with E-state index >= 15 is 0 Å². The van der Waals surface area contributed by atoms with E-state index in [-0.39, 0.29) is 11.8 Å². The minimum atomic E-state index is -0.209. The first-order valence-corrected chi connectivity index (χ1v) is 6.28. The number of hydrogen-bond acceptors (Lipinski definition) is 4. The molecule has 0 spiro atoms. The van der Waals surface area contributed by atoms with Crippen molar-refractivity contribution in [1.82, 2.24) is 9.80 Å². The normalized spacial score (nSPS) is 14.4. The quantitative estimate of drug-likeness (QED) is 0.571. The Balaban J connectivity index is 2.00. The molecule has 0 radical (unpaired) electrons. The van der Waals surface area contributed by atoms with Crippen molar-refractivity contribution in [1.29, 1.82) is 0 Å². The molecule has 1 aromatic rings. The van der Waals surface area contributed by atoms with Gasteiger partial charge in [-0.15, -0.1) is 0 Å². The van der Waals surface area contributed by atoms with Gasteiger partial charge in [-0.1, -0.05) is 12.1 Å². The molecular formula is C14H18N2O3. The van der Waals surface area contributed by atoms with E-state index in [9.17, 15) is 9.59 Å². The van der Waals surface area contributed by atoms with Crippen molar-refractivity contribution in [2.45, 2.75) is 6.42 Å². The molecule has 0 bridgehead atoms. The first-order chi connectivity index (χ1) is 9.15. The van der Waals surface area contributed by atoms with Crippen LogP contribution >= 0.6 is 0 Å². The highest BCUT2D eigenvalue weighted by Crippen LogP contribution is 2.22. The van der Waals surface area contributed by atoms with Crippen LogP contribution in [0, 0.1) is 0 Å². The maximum Gasteiger partial charge on any atom is 0.262 e. The molecule has 1 aromatic carbocycles. The summed E-state index contributed by atoms with van der Waals surface area (Å²) in [5.74, 6) is -0.418. The van der Waals surface area contributed by atoms with Crippen molar-refractivity contribution >= 4 is 11.8 Å². The third-order valence-corrected chi connectivity index (χ3v) is 3.15. The van der Waals surface area contributed by atoms with Crippen LogP contribution in [0.25, 0.3) is 0 Å². The molecule has 2 rings (SSSR count). The van der Waals surface area contributed by atoms with Crippen molar-refractivity contribution in [3.63, 3.8) is 0 Å². The second-order valence-corrected chi connectivity index (χ2v) is 4.65. The molecule has 5 heteroatoms. The molecule has 1 heterocycles. The number of methoxy groups -OCH3 is 1. The number of carbonyl (C=O) groups is 2.